The molecule has 1 amide bonds. The van der Waals surface area contributed by atoms with Gasteiger partial charge < -0.3 is 21.1 Å². The number of nitrogens with zero attached hydrogens (tertiary/aromatic N) is 1. The van der Waals surface area contributed by atoms with E-state index in [9.17, 15) is 19.0 Å². The molecular weight excluding hydrogens is 524 g/mol. The van der Waals surface area contributed by atoms with Crippen molar-refractivity contribution in [3.63, 3.8) is 0 Å². The van der Waals surface area contributed by atoms with Gasteiger partial charge in [-0.05, 0) is 94.4 Å². The van der Waals surface area contributed by atoms with Crippen LogP contribution in [0.25, 0.3) is 0 Å². The fourth-order valence-corrected chi connectivity index (χ4v) is 8.35. The van der Waals surface area contributed by atoms with Crippen molar-refractivity contribution in [1.29, 1.82) is 0 Å². The highest BCUT2D eigenvalue weighted by atomic mass is 32.3. The minimum absolute atomic E-state index is 0.115. The van der Waals surface area contributed by atoms with E-state index in [1.165, 1.54) is 19.3 Å². The van der Waals surface area contributed by atoms with Crippen LogP contribution in [0, 0.1) is 5.92 Å². The Morgan fingerprint density at radius 1 is 1.07 bits per heavy atom. The van der Waals surface area contributed by atoms with Crippen LogP contribution < -0.4 is 20.3 Å². The average Bonchev–Trinajstić information content (AvgIpc) is 2.97. The van der Waals surface area contributed by atoms with E-state index in [0.29, 0.717) is 43.1 Å². The molecule has 1 heterocycles. The second kappa shape index (κ2) is 12.7. The lowest BCUT2D eigenvalue weighted by Crippen LogP contribution is -2.56. The molecule has 2 aromatic carbocycles. The SMILES string of the molecule is CCNc1cc(C(=O)NC(Cc2ccccc2)C(O)CNC23CCC(CC2)CC3)cc(N2CCCCS2(O)O)c1. The highest BCUT2D eigenvalue weighted by molar-refractivity contribution is 8.25. The number of carbonyl (C=O) groups is 1. The minimum atomic E-state index is -2.93. The van der Waals surface area contributed by atoms with Crippen LogP contribution in [-0.4, -0.2) is 63.2 Å². The zero-order chi connectivity index (χ0) is 28.2. The normalized spacial score (nSPS) is 26.1. The molecule has 4 fully saturated rings. The molecule has 2 atom stereocenters. The van der Waals surface area contributed by atoms with Gasteiger partial charge in [-0.25, -0.2) is 0 Å². The maximum atomic E-state index is 13.7. The van der Waals surface area contributed by atoms with Crippen LogP contribution in [-0.2, 0) is 6.42 Å². The van der Waals surface area contributed by atoms with Crippen molar-refractivity contribution in [3.8, 4) is 0 Å². The molecule has 1 saturated heterocycles. The van der Waals surface area contributed by atoms with Crippen LogP contribution in [0.2, 0.25) is 0 Å². The molecule has 0 radical (unpaired) electrons. The lowest BCUT2D eigenvalue weighted by molar-refractivity contribution is 0.0645. The molecule has 220 valence electrons. The van der Waals surface area contributed by atoms with Crippen LogP contribution in [0.3, 0.4) is 0 Å². The molecule has 6 N–H and O–H groups in total. The van der Waals surface area contributed by atoms with Gasteiger partial charge in [-0.15, -0.1) is 10.8 Å². The van der Waals surface area contributed by atoms with E-state index in [4.69, 9.17) is 0 Å². The third-order valence-electron chi connectivity index (χ3n) is 9.09. The van der Waals surface area contributed by atoms with Crippen molar-refractivity contribution >= 4 is 28.1 Å². The van der Waals surface area contributed by atoms with Gasteiger partial charge in [0, 0.05) is 36.4 Å². The van der Waals surface area contributed by atoms with Crippen molar-refractivity contribution in [3.05, 3.63) is 59.7 Å². The standard InChI is InChI=1S/C31H46N4O4S/c1-2-32-26-19-25(20-27(21-26)35-16-6-7-17-40(35,38)39)30(37)34-28(18-24-8-4-3-5-9-24)29(36)22-33-31-13-10-23(11-14-31)12-15-31/h3-5,8-9,19-21,23,28-29,32-33,36,38-39H,2,6-7,10-18,22H2,1H3,(H,34,37). The lowest BCUT2D eigenvalue weighted by Gasteiger charge is -2.47. The van der Waals surface area contributed by atoms with Crippen LogP contribution >= 0.6 is 10.8 Å². The summed E-state index contributed by atoms with van der Waals surface area (Å²) in [4.78, 5) is 13.7. The lowest BCUT2D eigenvalue weighted by atomic mass is 9.66. The number of fused-ring (bicyclic) bond motifs is 3. The summed E-state index contributed by atoms with van der Waals surface area (Å²) < 4.78 is 23.1. The number of amides is 1. The molecule has 6 rings (SSSR count). The molecule has 2 bridgehead atoms. The number of benzene rings is 2. The van der Waals surface area contributed by atoms with Crippen molar-refractivity contribution in [2.24, 2.45) is 5.92 Å². The zero-order valence-corrected chi connectivity index (χ0v) is 24.5. The fourth-order valence-electron chi connectivity index (χ4n) is 6.68. The maximum Gasteiger partial charge on any atom is 0.251 e. The van der Waals surface area contributed by atoms with Crippen LogP contribution in [0.15, 0.2) is 48.5 Å². The largest absolute Gasteiger partial charge is 0.390 e. The Morgan fingerprint density at radius 3 is 2.48 bits per heavy atom. The van der Waals surface area contributed by atoms with Crippen molar-refractivity contribution < 1.29 is 19.0 Å². The molecule has 8 nitrogen and oxygen atoms in total. The third-order valence-corrected chi connectivity index (χ3v) is 11.0. The summed E-state index contributed by atoms with van der Waals surface area (Å²) in [6.45, 7) is 3.62. The predicted octanol–water partition coefficient (Wildman–Crippen LogP) is 5.40. The van der Waals surface area contributed by atoms with Gasteiger partial charge >= 0.3 is 0 Å². The third kappa shape index (κ3) is 6.94. The Hall–Kier alpha value is -2.30. The van der Waals surface area contributed by atoms with Gasteiger partial charge in [-0.2, -0.15) is 0 Å². The summed E-state index contributed by atoms with van der Waals surface area (Å²) in [5, 5.41) is 21.6. The van der Waals surface area contributed by atoms with Gasteiger partial charge in [-0.1, -0.05) is 30.3 Å². The van der Waals surface area contributed by atoms with E-state index in [0.717, 1.165) is 49.3 Å². The predicted molar refractivity (Wildman–Crippen MR) is 164 cm³/mol. The molecule has 3 saturated carbocycles. The van der Waals surface area contributed by atoms with Crippen LogP contribution in [0.1, 0.15) is 74.2 Å². The van der Waals surface area contributed by atoms with Gasteiger partial charge in [0.05, 0.1) is 23.6 Å². The number of carbonyl (C=O) groups excluding carboxylic acids is 1. The molecule has 2 unspecified atom stereocenters. The van der Waals surface area contributed by atoms with Gasteiger partial charge in [0.1, 0.15) is 0 Å². The molecule has 9 heteroatoms. The summed E-state index contributed by atoms with van der Waals surface area (Å²) in [7, 11) is -2.93. The van der Waals surface area contributed by atoms with Gasteiger partial charge in [0.25, 0.3) is 5.91 Å². The second-order valence-corrected chi connectivity index (χ2v) is 14.0. The Morgan fingerprint density at radius 2 is 1.80 bits per heavy atom. The number of hydrogen-bond donors (Lipinski definition) is 6. The van der Waals surface area contributed by atoms with Crippen molar-refractivity contribution in [2.45, 2.75) is 82.4 Å². The van der Waals surface area contributed by atoms with Gasteiger partial charge in [0.15, 0.2) is 0 Å². The average molecular weight is 571 g/mol. The first-order valence-electron chi connectivity index (χ1n) is 15.0. The Labute approximate surface area is 240 Å². The number of rotatable bonds is 11. The monoisotopic (exact) mass is 570 g/mol. The Kier molecular flexibility index (Phi) is 9.27. The number of aliphatic hydroxyl groups excluding tert-OH is 1. The zero-order valence-electron chi connectivity index (χ0n) is 23.6. The van der Waals surface area contributed by atoms with E-state index < -0.39 is 22.9 Å². The molecular formula is C31H46N4O4S. The summed E-state index contributed by atoms with van der Waals surface area (Å²) in [6, 6.07) is 14.9. The second-order valence-electron chi connectivity index (χ2n) is 11.9. The molecule has 0 spiro atoms. The summed E-state index contributed by atoms with van der Waals surface area (Å²) in [6.07, 6.45) is 8.66. The quantitative estimate of drug-likeness (QED) is 0.214. The summed E-state index contributed by atoms with van der Waals surface area (Å²) in [5.41, 5.74) is 2.96. The number of anilines is 2. The van der Waals surface area contributed by atoms with Crippen molar-refractivity contribution in [1.82, 2.24) is 10.6 Å². The summed E-state index contributed by atoms with van der Waals surface area (Å²) in [5.74, 6) is 0.918. The molecule has 3 aliphatic carbocycles. The first-order chi connectivity index (χ1) is 19.3. The summed E-state index contributed by atoms with van der Waals surface area (Å²) >= 11 is 0. The van der Waals surface area contributed by atoms with Gasteiger partial charge in [-0.3, -0.25) is 18.2 Å². The smallest absolute Gasteiger partial charge is 0.251 e. The molecule has 40 heavy (non-hydrogen) atoms. The molecule has 4 aliphatic rings. The fraction of sp³-hybridized carbons (Fsp3) is 0.581. The van der Waals surface area contributed by atoms with Crippen LogP contribution in [0.5, 0.6) is 0 Å². The molecule has 2 aromatic rings. The highest BCUT2D eigenvalue weighted by Crippen LogP contribution is 2.50. The number of β-amino-alcohol motifs (C(OH)–C–C–N with tert-alkyl or cyclic N) is 1. The first kappa shape index (κ1) is 29.2. The Balaban J connectivity index is 1.35. The topological polar surface area (TPSA) is 117 Å². The molecule has 1 aliphatic heterocycles. The number of hydrogen-bond acceptors (Lipinski definition) is 7. The number of aliphatic hydroxyl groups is 1. The van der Waals surface area contributed by atoms with E-state index >= 15 is 0 Å². The maximum absolute atomic E-state index is 13.7. The Bertz CT molecular complexity index is 1130. The highest BCUT2D eigenvalue weighted by Gasteiger charge is 2.40. The minimum Gasteiger partial charge on any atom is -0.390 e. The van der Waals surface area contributed by atoms with E-state index in [1.807, 2.05) is 43.3 Å². The van der Waals surface area contributed by atoms with Crippen LogP contribution in [0.4, 0.5) is 11.4 Å². The van der Waals surface area contributed by atoms with Gasteiger partial charge in [0.2, 0.25) is 0 Å². The number of nitrogens with one attached hydrogen (secondary N) is 3. The van der Waals surface area contributed by atoms with E-state index in [-0.39, 0.29) is 11.4 Å². The first-order valence-corrected chi connectivity index (χ1v) is 16.6. The molecule has 0 aromatic heterocycles. The van der Waals surface area contributed by atoms with E-state index in [2.05, 4.69) is 16.0 Å². The van der Waals surface area contributed by atoms with E-state index in [1.54, 1.807) is 16.4 Å². The van der Waals surface area contributed by atoms with Crippen molar-refractivity contribution in [2.75, 3.05) is 35.0 Å².